The normalized spacial score (nSPS) is 25.7. The van der Waals surface area contributed by atoms with Crippen LogP contribution in [-0.4, -0.2) is 54.7 Å². The molecule has 7 nitrogen and oxygen atoms in total. The zero-order valence-electron chi connectivity index (χ0n) is 20.3. The fraction of sp³-hybridized carbons (Fsp3) is 0.480. The smallest absolute Gasteiger partial charge is 0.418 e. The molecule has 6 rings (SSSR count). The molecule has 3 atom stereocenters. The number of nitrogens with zero attached hydrogens (tertiary/aromatic N) is 4. The van der Waals surface area contributed by atoms with E-state index < -0.39 is 64.5 Å². The molecular formula is C25H23F7N4O3. The molecule has 3 aliphatic carbocycles. The minimum absolute atomic E-state index is 0.0584. The van der Waals surface area contributed by atoms with Crippen molar-refractivity contribution in [2.45, 2.75) is 68.1 Å². The zero-order chi connectivity index (χ0) is 28.4. The molecule has 2 unspecified atom stereocenters. The Morgan fingerprint density at radius 1 is 1.03 bits per heavy atom. The van der Waals surface area contributed by atoms with Crippen LogP contribution in [0.2, 0.25) is 0 Å². The van der Waals surface area contributed by atoms with Gasteiger partial charge >= 0.3 is 6.18 Å². The Morgan fingerprint density at radius 2 is 1.67 bits per heavy atom. The summed E-state index contributed by atoms with van der Waals surface area (Å²) in [4.78, 5) is 0. The van der Waals surface area contributed by atoms with Gasteiger partial charge in [-0.2, -0.15) is 13.2 Å². The van der Waals surface area contributed by atoms with Gasteiger partial charge in [0.15, 0.2) is 11.7 Å². The highest BCUT2D eigenvalue weighted by Gasteiger charge is 2.82. The molecule has 0 spiro atoms. The van der Waals surface area contributed by atoms with Crippen molar-refractivity contribution in [3.63, 3.8) is 0 Å². The Morgan fingerprint density at radius 3 is 2.21 bits per heavy atom. The fourth-order valence-corrected chi connectivity index (χ4v) is 5.96. The zero-order valence-corrected chi connectivity index (χ0v) is 20.3. The van der Waals surface area contributed by atoms with E-state index in [1.54, 1.807) is 12.1 Å². The van der Waals surface area contributed by atoms with Crippen molar-refractivity contribution in [2.75, 3.05) is 0 Å². The number of aromatic nitrogens is 4. The first-order valence-electron chi connectivity index (χ1n) is 11.9. The number of halogens is 7. The lowest BCUT2D eigenvalue weighted by Gasteiger charge is -2.74. The van der Waals surface area contributed by atoms with Crippen molar-refractivity contribution in [3.05, 3.63) is 71.6 Å². The van der Waals surface area contributed by atoms with Crippen LogP contribution in [0.4, 0.5) is 30.7 Å². The van der Waals surface area contributed by atoms with Crippen molar-refractivity contribution < 1.29 is 45.7 Å². The molecule has 1 heterocycles. The molecule has 0 saturated heterocycles. The number of hydrogen-bond donors (Lipinski definition) is 2. The summed E-state index contributed by atoms with van der Waals surface area (Å²) >= 11 is 0. The maximum absolute atomic E-state index is 16.2. The summed E-state index contributed by atoms with van der Waals surface area (Å²) < 4.78 is 105. The molecule has 3 fully saturated rings. The summed E-state index contributed by atoms with van der Waals surface area (Å²) in [6.07, 6.45) is -8.30. The summed E-state index contributed by atoms with van der Waals surface area (Å²) in [6.45, 7) is 0.178. The van der Waals surface area contributed by atoms with E-state index in [1.165, 1.54) is 12.1 Å². The van der Waals surface area contributed by atoms with E-state index in [4.69, 9.17) is 4.74 Å². The first-order valence-corrected chi connectivity index (χ1v) is 11.9. The van der Waals surface area contributed by atoms with E-state index in [2.05, 4.69) is 15.5 Å². The van der Waals surface area contributed by atoms with Gasteiger partial charge in [0.2, 0.25) is 0 Å². The standard InChI is InChI=1S/C25H23F7N4O3/c1-14(20(37)24(28,29)30)39-17-5-2-15(3-6-17)21-9-22(10-21,11-21)25(31,32)23(38,12-36-13-33-34-35-36)18-7-4-16(26)8-19(18)27/h2-8,13-14,20,37-38H,9-12H2,1H3/t14?,20?,21?,22?,23-/m1/s1. The van der Waals surface area contributed by atoms with Crippen LogP contribution in [0.15, 0.2) is 48.8 Å². The van der Waals surface area contributed by atoms with E-state index in [1.807, 2.05) is 0 Å². The number of ether oxygens (including phenoxy) is 1. The number of aliphatic hydroxyl groups is 2. The van der Waals surface area contributed by atoms with Gasteiger partial charge in [0.1, 0.15) is 29.8 Å². The highest BCUT2D eigenvalue weighted by molar-refractivity contribution is 5.44. The predicted molar refractivity (Wildman–Crippen MR) is 120 cm³/mol. The number of aliphatic hydroxyl groups excluding tert-OH is 1. The van der Waals surface area contributed by atoms with Gasteiger partial charge in [-0.05, 0) is 71.9 Å². The SMILES string of the molecule is CC(Oc1ccc(C23CC(C(F)(F)[C@@](O)(Cn4cnnn4)c4ccc(F)cc4F)(C2)C3)cc1)C(O)C(F)(F)F. The Hall–Kier alpha value is -3.26. The van der Waals surface area contributed by atoms with Gasteiger partial charge in [0, 0.05) is 17.0 Å². The van der Waals surface area contributed by atoms with E-state index in [0.717, 1.165) is 30.1 Å². The Labute approximate surface area is 217 Å². The van der Waals surface area contributed by atoms with Gasteiger partial charge in [-0.3, -0.25) is 0 Å². The number of rotatable bonds is 9. The molecule has 14 heteroatoms. The molecule has 0 amide bonds. The van der Waals surface area contributed by atoms with E-state index in [9.17, 15) is 32.2 Å². The molecule has 3 aromatic rings. The first kappa shape index (κ1) is 27.3. The highest BCUT2D eigenvalue weighted by atomic mass is 19.4. The number of alkyl halides is 5. The van der Waals surface area contributed by atoms with Gasteiger partial charge < -0.3 is 14.9 Å². The minimum Gasteiger partial charge on any atom is -0.488 e. The maximum atomic E-state index is 16.2. The minimum atomic E-state index is -4.85. The summed E-state index contributed by atoms with van der Waals surface area (Å²) in [6, 6.07) is 7.86. The third-order valence-corrected chi connectivity index (χ3v) is 7.94. The quantitative estimate of drug-likeness (QED) is 0.380. The number of benzene rings is 2. The summed E-state index contributed by atoms with van der Waals surface area (Å²) in [5.41, 5.74) is -5.62. The average Bonchev–Trinajstić information content (AvgIpc) is 3.29. The topological polar surface area (TPSA) is 93.3 Å². The largest absolute Gasteiger partial charge is 0.488 e. The fourth-order valence-electron chi connectivity index (χ4n) is 5.96. The number of tetrazole rings is 1. The van der Waals surface area contributed by atoms with Crippen LogP contribution in [0.3, 0.4) is 0 Å². The van der Waals surface area contributed by atoms with E-state index in [-0.39, 0.29) is 25.0 Å². The molecule has 2 N–H and O–H groups in total. The summed E-state index contributed by atoms with van der Waals surface area (Å²) in [7, 11) is 0. The molecule has 1 aromatic heterocycles. The average molecular weight is 560 g/mol. The Bertz CT molecular complexity index is 1330. The van der Waals surface area contributed by atoms with Gasteiger partial charge in [-0.25, -0.2) is 22.2 Å². The van der Waals surface area contributed by atoms with Crippen LogP contribution < -0.4 is 4.74 Å². The molecule has 3 saturated carbocycles. The van der Waals surface area contributed by atoms with Crippen molar-refractivity contribution in [3.8, 4) is 5.75 Å². The van der Waals surface area contributed by atoms with Crippen LogP contribution >= 0.6 is 0 Å². The first-order chi connectivity index (χ1) is 18.1. The van der Waals surface area contributed by atoms with Gasteiger partial charge in [-0.15, -0.1) is 5.10 Å². The van der Waals surface area contributed by atoms with Crippen LogP contribution in [0, 0.1) is 17.0 Å². The van der Waals surface area contributed by atoms with Crippen molar-refractivity contribution in [1.82, 2.24) is 20.2 Å². The van der Waals surface area contributed by atoms with Gasteiger partial charge in [0.25, 0.3) is 5.92 Å². The van der Waals surface area contributed by atoms with Crippen LogP contribution in [0.5, 0.6) is 5.75 Å². The Kier molecular flexibility index (Phi) is 6.22. The lowest BCUT2D eigenvalue weighted by atomic mass is 9.30. The number of hydrogen-bond acceptors (Lipinski definition) is 6. The lowest BCUT2D eigenvalue weighted by Crippen LogP contribution is -2.76. The van der Waals surface area contributed by atoms with E-state index >= 15 is 8.78 Å². The molecule has 2 bridgehead atoms. The maximum Gasteiger partial charge on any atom is 0.418 e. The molecular weight excluding hydrogens is 537 g/mol. The summed E-state index contributed by atoms with van der Waals surface area (Å²) in [5.74, 6) is -6.17. The van der Waals surface area contributed by atoms with Crippen molar-refractivity contribution in [2.24, 2.45) is 5.41 Å². The Balaban J connectivity index is 1.36. The van der Waals surface area contributed by atoms with E-state index in [0.29, 0.717) is 11.6 Å². The molecule has 2 aromatic carbocycles. The van der Waals surface area contributed by atoms with Crippen LogP contribution in [0.1, 0.15) is 37.3 Å². The second kappa shape index (κ2) is 8.88. The van der Waals surface area contributed by atoms with Crippen molar-refractivity contribution >= 4 is 0 Å². The molecule has 0 aliphatic heterocycles. The van der Waals surface area contributed by atoms with Crippen molar-refractivity contribution in [1.29, 1.82) is 0 Å². The monoisotopic (exact) mass is 560 g/mol. The van der Waals surface area contributed by atoms with Gasteiger partial charge in [-0.1, -0.05) is 12.1 Å². The molecule has 3 aliphatic rings. The molecule has 0 radical (unpaired) electrons. The third kappa shape index (κ3) is 4.24. The molecule has 210 valence electrons. The highest BCUT2D eigenvalue weighted by Crippen LogP contribution is 2.80. The summed E-state index contributed by atoms with van der Waals surface area (Å²) in [5, 5.41) is 31.0. The lowest BCUT2D eigenvalue weighted by molar-refractivity contribution is -0.347. The second-order valence-electron chi connectivity index (χ2n) is 10.5. The second-order valence-corrected chi connectivity index (χ2v) is 10.5. The third-order valence-electron chi connectivity index (χ3n) is 7.94. The van der Waals surface area contributed by atoms with Crippen LogP contribution in [-0.2, 0) is 17.6 Å². The van der Waals surface area contributed by atoms with Crippen LogP contribution in [0.25, 0.3) is 0 Å². The van der Waals surface area contributed by atoms with Gasteiger partial charge in [0.05, 0.1) is 6.54 Å². The predicted octanol–water partition coefficient (Wildman–Crippen LogP) is 4.29. The molecule has 39 heavy (non-hydrogen) atoms.